The van der Waals surface area contributed by atoms with Crippen molar-refractivity contribution in [3.05, 3.63) is 83.0 Å². The third-order valence-corrected chi connectivity index (χ3v) is 5.76. The normalized spacial score (nSPS) is 12.9. The van der Waals surface area contributed by atoms with Crippen molar-refractivity contribution in [2.45, 2.75) is 19.3 Å². The van der Waals surface area contributed by atoms with Gasteiger partial charge in [0.15, 0.2) is 0 Å². The Hall–Kier alpha value is -4.64. The fourth-order valence-corrected chi connectivity index (χ4v) is 3.85. The highest BCUT2D eigenvalue weighted by atomic mass is 16.3. The zero-order valence-corrected chi connectivity index (χ0v) is 19.0. The van der Waals surface area contributed by atoms with Gasteiger partial charge in [-0.1, -0.05) is 18.1 Å². The number of hydrogen-bond acceptors (Lipinski definition) is 5. The van der Waals surface area contributed by atoms with Crippen LogP contribution in [0.3, 0.4) is 0 Å². The van der Waals surface area contributed by atoms with E-state index in [2.05, 4.69) is 26.4 Å². The number of anilines is 2. The molecule has 0 radical (unpaired) electrons. The first-order valence-electron chi connectivity index (χ1n) is 11.3. The molecule has 0 saturated carbocycles. The van der Waals surface area contributed by atoms with Gasteiger partial charge >= 0.3 is 0 Å². The average Bonchev–Trinajstić information content (AvgIpc) is 2.90. The predicted octanol–water partition coefficient (Wildman–Crippen LogP) is 4.08. The Kier molecular flexibility index (Phi) is 7.07. The second-order valence-electron chi connectivity index (χ2n) is 8.19. The fourth-order valence-electron chi connectivity index (χ4n) is 3.85. The Balaban J connectivity index is 1.50. The maximum absolute atomic E-state index is 12.9. The van der Waals surface area contributed by atoms with E-state index in [0.29, 0.717) is 17.0 Å². The summed E-state index contributed by atoms with van der Waals surface area (Å²) in [5.41, 5.74) is 2.09. The summed E-state index contributed by atoms with van der Waals surface area (Å²) in [4.78, 5) is 31.9. The quantitative estimate of drug-likeness (QED) is 0.256. The van der Waals surface area contributed by atoms with Crippen LogP contribution >= 0.6 is 0 Å². The van der Waals surface area contributed by atoms with Gasteiger partial charge in [-0.25, -0.2) is 4.98 Å². The molecule has 2 amide bonds. The molecule has 4 rings (SSSR count). The minimum Gasteiger partial charge on any atom is -0.506 e. The second kappa shape index (κ2) is 10.5. The van der Waals surface area contributed by atoms with Gasteiger partial charge in [-0.15, -0.1) is 6.42 Å². The van der Waals surface area contributed by atoms with Gasteiger partial charge in [0.05, 0.1) is 17.4 Å². The molecule has 4 N–H and O–H groups in total. The summed E-state index contributed by atoms with van der Waals surface area (Å²) in [5.74, 6) is 2.25. The van der Waals surface area contributed by atoms with E-state index in [9.17, 15) is 14.7 Å². The minimum absolute atomic E-state index is 0.0256. The number of carbonyl (C=O) groups is 2. The van der Waals surface area contributed by atoms with Crippen LogP contribution in [0.1, 0.15) is 51.1 Å². The summed E-state index contributed by atoms with van der Waals surface area (Å²) in [6.07, 6.45) is 10.1. The van der Waals surface area contributed by atoms with Crippen molar-refractivity contribution < 1.29 is 14.7 Å². The first-order chi connectivity index (χ1) is 16.9. The molecule has 0 bridgehead atoms. The van der Waals surface area contributed by atoms with Crippen molar-refractivity contribution in [2.75, 3.05) is 23.7 Å². The number of hydrogen-bond donors (Lipinski definition) is 4. The maximum Gasteiger partial charge on any atom is 0.258 e. The molecule has 1 saturated heterocycles. The molecule has 3 aromatic rings. The predicted molar refractivity (Wildman–Crippen MR) is 135 cm³/mol. The van der Waals surface area contributed by atoms with Crippen LogP contribution < -0.4 is 10.6 Å². The van der Waals surface area contributed by atoms with Crippen LogP contribution in [0, 0.1) is 17.8 Å². The van der Waals surface area contributed by atoms with Crippen LogP contribution in [0.2, 0.25) is 0 Å². The summed E-state index contributed by atoms with van der Waals surface area (Å²) >= 11 is 0. The molecule has 8 heteroatoms. The van der Waals surface area contributed by atoms with Crippen LogP contribution in [0.25, 0.3) is 0 Å². The lowest BCUT2D eigenvalue weighted by Crippen LogP contribution is -2.35. The highest BCUT2D eigenvalue weighted by Crippen LogP contribution is 2.21. The number of pyridine rings is 1. The highest BCUT2D eigenvalue weighted by Gasteiger charge is 2.18. The molecule has 1 fully saturated rings. The van der Waals surface area contributed by atoms with E-state index in [0.717, 1.165) is 31.5 Å². The number of nitrogens with one attached hydrogen (secondary N) is 3. The summed E-state index contributed by atoms with van der Waals surface area (Å²) in [7, 11) is 0. The number of rotatable bonds is 5. The molecule has 1 aliphatic rings. The Labute approximate surface area is 203 Å². The lowest BCUT2D eigenvalue weighted by atomic mass is 10.1. The van der Waals surface area contributed by atoms with Crippen LogP contribution in [0.5, 0.6) is 5.75 Å². The number of amides is 2. The standard InChI is InChI=1S/C27H25N5O3/c1-2-18-6-12-23(22(16-18)27(35)31-24-13-11-21(33)17-29-24)30-26(34)20-9-7-19(8-10-20)25(28)32-14-4-3-5-15-32/h1,6-13,16-17,28,33H,3-5,14-15H2,(H,30,34)(H,29,31,35). The Bertz CT molecular complexity index is 1290. The Morgan fingerprint density at radius 1 is 0.943 bits per heavy atom. The maximum atomic E-state index is 12.9. The monoisotopic (exact) mass is 467 g/mol. The van der Waals surface area contributed by atoms with Crippen molar-refractivity contribution in [1.29, 1.82) is 5.41 Å². The van der Waals surface area contributed by atoms with Crippen molar-refractivity contribution in [1.82, 2.24) is 9.88 Å². The van der Waals surface area contributed by atoms with Gasteiger partial charge in [0.1, 0.15) is 17.4 Å². The number of nitrogens with zero attached hydrogens (tertiary/aromatic N) is 2. The van der Waals surface area contributed by atoms with Gasteiger partial charge in [0.2, 0.25) is 0 Å². The SMILES string of the molecule is C#Cc1ccc(NC(=O)c2ccc(C(=N)N3CCCCC3)cc2)c(C(=O)Nc2ccc(O)cn2)c1. The Morgan fingerprint density at radius 3 is 2.31 bits per heavy atom. The van der Waals surface area contributed by atoms with Gasteiger partial charge in [0, 0.05) is 29.8 Å². The third-order valence-electron chi connectivity index (χ3n) is 5.76. The van der Waals surface area contributed by atoms with Crippen molar-refractivity contribution in [2.24, 2.45) is 0 Å². The molecule has 0 unspecified atom stereocenters. The van der Waals surface area contributed by atoms with E-state index in [1.165, 1.54) is 30.8 Å². The van der Waals surface area contributed by atoms with Gasteiger partial charge < -0.3 is 20.6 Å². The Morgan fingerprint density at radius 2 is 1.66 bits per heavy atom. The van der Waals surface area contributed by atoms with E-state index in [-0.39, 0.29) is 22.8 Å². The zero-order chi connectivity index (χ0) is 24.8. The number of amidine groups is 1. The fraction of sp³-hybridized carbons (Fsp3) is 0.185. The molecule has 1 aliphatic heterocycles. The summed E-state index contributed by atoms with van der Waals surface area (Å²) < 4.78 is 0. The topological polar surface area (TPSA) is 118 Å². The molecule has 35 heavy (non-hydrogen) atoms. The number of piperidine rings is 1. The van der Waals surface area contributed by atoms with Crippen molar-refractivity contribution in [3.8, 4) is 18.1 Å². The average molecular weight is 468 g/mol. The molecular formula is C27H25N5O3. The summed E-state index contributed by atoms with van der Waals surface area (Å²) in [5, 5.41) is 23.2. The van der Waals surface area contributed by atoms with E-state index >= 15 is 0 Å². The van der Waals surface area contributed by atoms with Gasteiger partial charge in [-0.3, -0.25) is 15.0 Å². The van der Waals surface area contributed by atoms with E-state index in [1.54, 1.807) is 36.4 Å². The molecule has 176 valence electrons. The smallest absolute Gasteiger partial charge is 0.258 e. The lowest BCUT2D eigenvalue weighted by Gasteiger charge is -2.29. The number of aromatic hydroxyl groups is 1. The van der Waals surface area contributed by atoms with E-state index in [4.69, 9.17) is 11.8 Å². The number of likely N-dealkylation sites (tertiary alicyclic amines) is 1. The van der Waals surface area contributed by atoms with Crippen LogP contribution in [0.4, 0.5) is 11.5 Å². The van der Waals surface area contributed by atoms with Crippen LogP contribution in [0.15, 0.2) is 60.8 Å². The molecule has 2 heterocycles. The molecule has 1 aromatic heterocycles. The summed E-state index contributed by atoms with van der Waals surface area (Å²) in [6.45, 7) is 1.75. The first kappa shape index (κ1) is 23.5. The van der Waals surface area contributed by atoms with Crippen molar-refractivity contribution >= 4 is 29.2 Å². The van der Waals surface area contributed by atoms with Crippen molar-refractivity contribution in [3.63, 3.8) is 0 Å². The molecule has 0 spiro atoms. The highest BCUT2D eigenvalue weighted by molar-refractivity contribution is 6.12. The second-order valence-corrected chi connectivity index (χ2v) is 8.19. The third kappa shape index (κ3) is 5.65. The van der Waals surface area contributed by atoms with Crippen LogP contribution in [-0.2, 0) is 0 Å². The molecule has 0 atom stereocenters. The number of benzene rings is 2. The van der Waals surface area contributed by atoms with Crippen LogP contribution in [-0.4, -0.2) is 45.7 Å². The number of terminal acetylenes is 1. The largest absolute Gasteiger partial charge is 0.506 e. The minimum atomic E-state index is -0.513. The lowest BCUT2D eigenvalue weighted by molar-refractivity contribution is 0.102. The molecule has 0 aliphatic carbocycles. The van der Waals surface area contributed by atoms with Gasteiger partial charge in [0.25, 0.3) is 11.8 Å². The molecular weight excluding hydrogens is 442 g/mol. The molecule has 2 aromatic carbocycles. The summed E-state index contributed by atoms with van der Waals surface area (Å²) in [6, 6.07) is 14.4. The zero-order valence-electron chi connectivity index (χ0n) is 19.0. The van der Waals surface area contributed by atoms with Gasteiger partial charge in [-0.05, 0) is 61.7 Å². The van der Waals surface area contributed by atoms with E-state index in [1.807, 2.05) is 0 Å². The number of aromatic nitrogens is 1. The number of carbonyl (C=O) groups excluding carboxylic acids is 2. The van der Waals surface area contributed by atoms with Gasteiger partial charge in [-0.2, -0.15) is 0 Å². The first-order valence-corrected chi connectivity index (χ1v) is 11.3. The molecule has 8 nitrogen and oxygen atoms in total. The van der Waals surface area contributed by atoms with E-state index < -0.39 is 11.8 Å².